The summed E-state index contributed by atoms with van der Waals surface area (Å²) in [5, 5.41) is 0. The summed E-state index contributed by atoms with van der Waals surface area (Å²) in [4.78, 5) is 0. The fourth-order valence-electron chi connectivity index (χ4n) is 2.10. The molecule has 0 N–H and O–H groups in total. The van der Waals surface area contributed by atoms with Crippen molar-refractivity contribution in [1.82, 2.24) is 0 Å². The van der Waals surface area contributed by atoms with Crippen LogP contribution in [0.25, 0.3) is 17.2 Å². The summed E-state index contributed by atoms with van der Waals surface area (Å²) in [6, 6.07) is 14.8. The van der Waals surface area contributed by atoms with Gasteiger partial charge >= 0.3 is 0 Å². The summed E-state index contributed by atoms with van der Waals surface area (Å²) in [6.07, 6.45) is 1.85. The quantitative estimate of drug-likeness (QED) is 0.733. The zero-order chi connectivity index (χ0) is 13.8. The largest absolute Gasteiger partial charge is 0.497 e. The van der Waals surface area contributed by atoms with Crippen molar-refractivity contribution >= 4 is 6.08 Å². The van der Waals surface area contributed by atoms with Gasteiger partial charge in [-0.05, 0) is 46.4 Å². The van der Waals surface area contributed by atoms with Crippen LogP contribution in [0, 0.1) is 0 Å². The van der Waals surface area contributed by atoms with Gasteiger partial charge in [-0.3, -0.25) is 0 Å². The standard InChI is InChI=1S/C18H20O/c1-5-14-9-17(12-18(10-14)19-4)16-8-6-7-15(11-16)13(2)3/h5-13H,1H2,2-4H3. The minimum absolute atomic E-state index is 0.532. The molecule has 0 aliphatic rings. The zero-order valence-corrected chi connectivity index (χ0v) is 11.8. The first-order valence-corrected chi connectivity index (χ1v) is 6.56. The summed E-state index contributed by atoms with van der Waals surface area (Å²) in [5.74, 6) is 1.40. The second-order valence-electron chi connectivity index (χ2n) is 4.98. The second kappa shape index (κ2) is 5.75. The van der Waals surface area contributed by atoms with E-state index in [1.807, 2.05) is 12.1 Å². The van der Waals surface area contributed by atoms with E-state index in [9.17, 15) is 0 Å². The molecular formula is C18H20O. The van der Waals surface area contributed by atoms with Gasteiger partial charge in [-0.15, -0.1) is 0 Å². The highest BCUT2D eigenvalue weighted by Crippen LogP contribution is 2.28. The van der Waals surface area contributed by atoms with Crippen LogP contribution in [0.1, 0.15) is 30.9 Å². The molecule has 0 unspecified atom stereocenters. The summed E-state index contributed by atoms with van der Waals surface area (Å²) in [6.45, 7) is 8.25. The van der Waals surface area contributed by atoms with Gasteiger partial charge in [0.25, 0.3) is 0 Å². The van der Waals surface area contributed by atoms with Crippen LogP contribution >= 0.6 is 0 Å². The maximum atomic E-state index is 5.35. The van der Waals surface area contributed by atoms with Crippen LogP contribution in [0.5, 0.6) is 5.75 Å². The summed E-state index contributed by atoms with van der Waals surface area (Å²) >= 11 is 0. The molecule has 2 rings (SSSR count). The molecule has 0 radical (unpaired) electrons. The van der Waals surface area contributed by atoms with Gasteiger partial charge < -0.3 is 4.74 Å². The molecule has 0 spiro atoms. The van der Waals surface area contributed by atoms with E-state index in [0.717, 1.165) is 16.9 Å². The zero-order valence-electron chi connectivity index (χ0n) is 11.8. The Bertz CT molecular complexity index is 582. The molecule has 1 nitrogen and oxygen atoms in total. The molecule has 19 heavy (non-hydrogen) atoms. The Kier molecular flexibility index (Phi) is 4.06. The van der Waals surface area contributed by atoms with E-state index in [1.165, 1.54) is 11.1 Å². The van der Waals surface area contributed by atoms with E-state index in [2.05, 4.69) is 56.8 Å². The lowest BCUT2D eigenvalue weighted by molar-refractivity contribution is 0.415. The third-order valence-electron chi connectivity index (χ3n) is 3.29. The number of ether oxygens (including phenoxy) is 1. The summed E-state index contributed by atoms with van der Waals surface area (Å²) < 4.78 is 5.35. The van der Waals surface area contributed by atoms with Crippen molar-refractivity contribution in [3.8, 4) is 16.9 Å². The maximum Gasteiger partial charge on any atom is 0.120 e. The van der Waals surface area contributed by atoms with E-state index in [-0.39, 0.29) is 0 Å². The van der Waals surface area contributed by atoms with Crippen LogP contribution in [0.3, 0.4) is 0 Å². The first-order chi connectivity index (χ1) is 9.13. The number of benzene rings is 2. The Hall–Kier alpha value is -2.02. The Labute approximate surface area is 115 Å². The molecule has 0 atom stereocenters. The molecule has 0 saturated heterocycles. The van der Waals surface area contributed by atoms with E-state index in [1.54, 1.807) is 7.11 Å². The average Bonchev–Trinajstić information content (AvgIpc) is 2.46. The molecule has 0 aromatic heterocycles. The SMILES string of the molecule is C=Cc1cc(OC)cc(-c2cccc(C(C)C)c2)c1. The number of hydrogen-bond donors (Lipinski definition) is 0. The first kappa shape index (κ1) is 13.4. The molecule has 98 valence electrons. The minimum Gasteiger partial charge on any atom is -0.497 e. The highest BCUT2D eigenvalue weighted by molar-refractivity contribution is 5.70. The topological polar surface area (TPSA) is 9.23 Å². The molecule has 0 amide bonds. The van der Waals surface area contributed by atoms with Crippen molar-refractivity contribution in [1.29, 1.82) is 0 Å². The average molecular weight is 252 g/mol. The predicted octanol–water partition coefficient (Wildman–Crippen LogP) is 5.13. The third-order valence-corrected chi connectivity index (χ3v) is 3.29. The minimum atomic E-state index is 0.532. The Morgan fingerprint density at radius 1 is 1.05 bits per heavy atom. The maximum absolute atomic E-state index is 5.35. The molecule has 2 aromatic carbocycles. The van der Waals surface area contributed by atoms with E-state index >= 15 is 0 Å². The van der Waals surface area contributed by atoms with Crippen LogP contribution < -0.4 is 4.74 Å². The lowest BCUT2D eigenvalue weighted by Gasteiger charge is -2.10. The predicted molar refractivity (Wildman–Crippen MR) is 82.6 cm³/mol. The van der Waals surface area contributed by atoms with Crippen molar-refractivity contribution in [2.45, 2.75) is 19.8 Å². The molecule has 1 heteroatoms. The lowest BCUT2D eigenvalue weighted by Crippen LogP contribution is -1.89. The molecule has 0 fully saturated rings. The van der Waals surface area contributed by atoms with Crippen molar-refractivity contribution in [3.05, 3.63) is 60.2 Å². The molecule has 0 aliphatic carbocycles. The van der Waals surface area contributed by atoms with E-state index in [0.29, 0.717) is 5.92 Å². The number of hydrogen-bond acceptors (Lipinski definition) is 1. The van der Waals surface area contributed by atoms with Gasteiger partial charge in [0.15, 0.2) is 0 Å². The first-order valence-electron chi connectivity index (χ1n) is 6.56. The van der Waals surface area contributed by atoms with Crippen LogP contribution in [0.15, 0.2) is 49.0 Å². The van der Waals surface area contributed by atoms with E-state index < -0.39 is 0 Å². The Morgan fingerprint density at radius 3 is 2.47 bits per heavy atom. The third kappa shape index (κ3) is 3.05. The number of rotatable bonds is 4. The molecule has 0 saturated carbocycles. The fraction of sp³-hybridized carbons (Fsp3) is 0.222. The van der Waals surface area contributed by atoms with Crippen molar-refractivity contribution in [2.75, 3.05) is 7.11 Å². The molecule has 0 bridgehead atoms. The monoisotopic (exact) mass is 252 g/mol. The van der Waals surface area contributed by atoms with Crippen molar-refractivity contribution in [3.63, 3.8) is 0 Å². The van der Waals surface area contributed by atoms with Crippen LogP contribution in [0.4, 0.5) is 0 Å². The molecular weight excluding hydrogens is 232 g/mol. The second-order valence-corrected chi connectivity index (χ2v) is 4.98. The Balaban J connectivity index is 2.51. The van der Waals surface area contributed by atoms with Gasteiger partial charge in [0.1, 0.15) is 5.75 Å². The summed E-state index contributed by atoms with van der Waals surface area (Å²) in [5.41, 5.74) is 4.80. The van der Waals surface area contributed by atoms with Gasteiger partial charge in [0.2, 0.25) is 0 Å². The highest BCUT2D eigenvalue weighted by atomic mass is 16.5. The van der Waals surface area contributed by atoms with E-state index in [4.69, 9.17) is 4.74 Å². The van der Waals surface area contributed by atoms with Crippen molar-refractivity contribution in [2.24, 2.45) is 0 Å². The molecule has 0 aliphatic heterocycles. The van der Waals surface area contributed by atoms with Crippen LogP contribution in [-0.4, -0.2) is 7.11 Å². The molecule has 0 heterocycles. The normalized spacial score (nSPS) is 10.5. The van der Waals surface area contributed by atoms with Gasteiger partial charge in [0, 0.05) is 0 Å². The summed E-state index contributed by atoms with van der Waals surface area (Å²) in [7, 11) is 1.69. The van der Waals surface area contributed by atoms with Gasteiger partial charge in [-0.2, -0.15) is 0 Å². The van der Waals surface area contributed by atoms with Crippen molar-refractivity contribution < 1.29 is 4.74 Å². The van der Waals surface area contributed by atoms with Crippen LogP contribution in [0.2, 0.25) is 0 Å². The van der Waals surface area contributed by atoms with Gasteiger partial charge in [0.05, 0.1) is 7.11 Å². The molecule has 2 aromatic rings. The Morgan fingerprint density at radius 2 is 1.84 bits per heavy atom. The smallest absolute Gasteiger partial charge is 0.120 e. The van der Waals surface area contributed by atoms with Gasteiger partial charge in [-0.1, -0.05) is 50.8 Å². The number of methoxy groups -OCH3 is 1. The fourth-order valence-corrected chi connectivity index (χ4v) is 2.10. The van der Waals surface area contributed by atoms with Gasteiger partial charge in [-0.25, -0.2) is 0 Å². The highest BCUT2D eigenvalue weighted by Gasteiger charge is 2.05. The van der Waals surface area contributed by atoms with Crippen LogP contribution in [-0.2, 0) is 0 Å². The lowest BCUT2D eigenvalue weighted by atomic mass is 9.96.